The molecule has 67 heavy (non-hydrogen) atoms. The smallest absolute Gasteiger partial charge is 0.387 e. The minimum atomic E-state index is -4.36. The van der Waals surface area contributed by atoms with E-state index < -0.39 is 20.0 Å². The Morgan fingerprint density at radius 3 is 1.37 bits per heavy atom. The van der Waals surface area contributed by atoms with E-state index in [2.05, 4.69) is 104 Å². The van der Waals surface area contributed by atoms with Gasteiger partial charge in [-0.3, -0.25) is 13.8 Å². The summed E-state index contributed by atoms with van der Waals surface area (Å²) >= 11 is 0. The minimum Gasteiger partial charge on any atom is -0.387 e. The summed E-state index contributed by atoms with van der Waals surface area (Å²) in [7, 11) is 1.53. The van der Waals surface area contributed by atoms with Crippen LogP contribution in [-0.2, 0) is 18.4 Å². The molecule has 0 aliphatic heterocycles. The van der Waals surface area contributed by atoms with Crippen LogP contribution in [0, 0.1) is 0 Å². The van der Waals surface area contributed by atoms with Crippen LogP contribution in [0.25, 0.3) is 0 Å². The number of allylic oxidation sites excluding steroid dienone is 15. The average Bonchev–Trinajstić information content (AvgIpc) is 3.29. The van der Waals surface area contributed by atoms with Gasteiger partial charge in [0.1, 0.15) is 13.2 Å². The van der Waals surface area contributed by atoms with Crippen molar-refractivity contribution in [1.82, 2.24) is 5.32 Å². The molecule has 0 saturated heterocycles. The zero-order chi connectivity index (χ0) is 49.2. The van der Waals surface area contributed by atoms with Gasteiger partial charge in [-0.2, -0.15) is 0 Å². The summed E-state index contributed by atoms with van der Waals surface area (Å²) in [6.07, 6.45) is 69.3. The van der Waals surface area contributed by atoms with Crippen molar-refractivity contribution in [2.45, 2.75) is 225 Å². The van der Waals surface area contributed by atoms with Gasteiger partial charge in [-0.15, -0.1) is 0 Å². The molecule has 0 aliphatic rings. The van der Waals surface area contributed by atoms with Crippen LogP contribution < -0.4 is 5.32 Å². The van der Waals surface area contributed by atoms with Crippen molar-refractivity contribution in [2.75, 3.05) is 40.9 Å². The lowest BCUT2D eigenvalue weighted by Crippen LogP contribution is -2.45. The van der Waals surface area contributed by atoms with Crippen LogP contribution in [0.15, 0.2) is 97.2 Å². The minimum absolute atomic E-state index is 0.0493. The number of likely N-dealkylation sites (N-methyl/N-ethyl adjacent to an activating group) is 1. The summed E-state index contributed by atoms with van der Waals surface area (Å²) in [5.41, 5.74) is 0. The predicted octanol–water partition coefficient (Wildman–Crippen LogP) is 16.3. The number of quaternary nitrogens is 1. The predicted molar refractivity (Wildman–Crippen MR) is 290 cm³/mol. The lowest BCUT2D eigenvalue weighted by atomic mass is 10.0. The lowest BCUT2D eigenvalue weighted by Gasteiger charge is -2.25. The first kappa shape index (κ1) is 64.4. The molecule has 0 rings (SSSR count). The highest BCUT2D eigenvalue weighted by atomic mass is 31.2. The third kappa shape index (κ3) is 51.1. The number of carbonyl (C=O) groups is 1. The van der Waals surface area contributed by atoms with Gasteiger partial charge < -0.3 is 19.8 Å². The molecule has 3 N–H and O–H groups in total. The zero-order valence-corrected chi connectivity index (χ0v) is 44.8. The average molecular weight is 956 g/mol. The first-order chi connectivity index (χ1) is 32.5. The van der Waals surface area contributed by atoms with Crippen molar-refractivity contribution in [3.05, 3.63) is 97.2 Å². The number of phosphoric acid groups is 1. The van der Waals surface area contributed by atoms with Crippen LogP contribution in [0.3, 0.4) is 0 Å². The van der Waals surface area contributed by atoms with Gasteiger partial charge in [0.2, 0.25) is 5.91 Å². The number of hydrogen-bond donors (Lipinski definition) is 3. The Bertz CT molecular complexity index is 1410. The Morgan fingerprint density at radius 2 is 0.910 bits per heavy atom. The Labute approximate surface area is 413 Å². The van der Waals surface area contributed by atoms with E-state index in [0.29, 0.717) is 17.4 Å². The maximum atomic E-state index is 13.0. The lowest BCUT2D eigenvalue weighted by molar-refractivity contribution is -0.870. The summed E-state index contributed by atoms with van der Waals surface area (Å²) in [6, 6.07) is -0.875. The van der Waals surface area contributed by atoms with E-state index in [4.69, 9.17) is 9.05 Å². The Hall–Kier alpha value is -2.58. The van der Waals surface area contributed by atoms with Gasteiger partial charge in [-0.1, -0.05) is 214 Å². The molecule has 0 aromatic heterocycles. The molecule has 0 aromatic carbocycles. The molecule has 0 spiro atoms. The third-order valence-electron chi connectivity index (χ3n) is 11.5. The topological polar surface area (TPSA) is 105 Å². The van der Waals surface area contributed by atoms with Gasteiger partial charge in [0.25, 0.3) is 0 Å². The Morgan fingerprint density at radius 1 is 0.522 bits per heavy atom. The number of hydrogen-bond acceptors (Lipinski definition) is 5. The molecule has 0 fully saturated rings. The SMILES string of the molecule is CC/C=C\C/C=C\C/C=C\C/C=C\C/C=C\CCCCCCCCCCCCCCCC(=O)NC(COP(=O)(O)OCC[N+](C)(C)C)C(O)/C=C/CC/C=C/CC/C=C/CCCCCCCC. The summed E-state index contributed by atoms with van der Waals surface area (Å²) in [4.78, 5) is 23.2. The van der Waals surface area contributed by atoms with E-state index in [1.807, 2.05) is 27.2 Å². The fourth-order valence-corrected chi connectivity index (χ4v) is 8.01. The summed E-state index contributed by atoms with van der Waals surface area (Å²) < 4.78 is 23.6. The monoisotopic (exact) mass is 956 g/mol. The molecule has 9 heteroatoms. The maximum absolute atomic E-state index is 13.0. The maximum Gasteiger partial charge on any atom is 0.472 e. The molecule has 0 saturated carbocycles. The van der Waals surface area contributed by atoms with Crippen molar-refractivity contribution >= 4 is 13.7 Å². The molecule has 0 aromatic rings. The van der Waals surface area contributed by atoms with Crippen LogP contribution in [0.4, 0.5) is 0 Å². The van der Waals surface area contributed by atoms with Crippen molar-refractivity contribution in [3.63, 3.8) is 0 Å². The van der Waals surface area contributed by atoms with Crippen molar-refractivity contribution in [3.8, 4) is 0 Å². The Balaban J connectivity index is 4.25. The molecular formula is C58H104N2O6P+. The Kier molecular flexibility index (Phi) is 46.6. The van der Waals surface area contributed by atoms with Gasteiger partial charge in [0.15, 0.2) is 0 Å². The van der Waals surface area contributed by atoms with Crippen LogP contribution in [-0.4, -0.2) is 73.4 Å². The van der Waals surface area contributed by atoms with Gasteiger partial charge in [0, 0.05) is 6.42 Å². The van der Waals surface area contributed by atoms with E-state index in [1.165, 1.54) is 116 Å². The third-order valence-corrected chi connectivity index (χ3v) is 12.5. The molecule has 0 radical (unpaired) electrons. The normalized spacial score (nSPS) is 14.8. The van der Waals surface area contributed by atoms with Gasteiger partial charge in [-0.25, -0.2) is 4.57 Å². The number of phosphoric ester groups is 1. The number of aliphatic hydroxyl groups is 1. The molecule has 8 nitrogen and oxygen atoms in total. The highest BCUT2D eigenvalue weighted by Crippen LogP contribution is 2.43. The first-order valence-electron chi connectivity index (χ1n) is 27.1. The van der Waals surface area contributed by atoms with Crippen LogP contribution >= 0.6 is 7.82 Å². The second-order valence-electron chi connectivity index (χ2n) is 19.2. The van der Waals surface area contributed by atoms with Crippen molar-refractivity contribution < 1.29 is 32.9 Å². The van der Waals surface area contributed by atoms with E-state index in [-0.39, 0.29) is 19.1 Å². The molecule has 0 heterocycles. The zero-order valence-electron chi connectivity index (χ0n) is 43.9. The number of amides is 1. The summed E-state index contributed by atoms with van der Waals surface area (Å²) in [5, 5.41) is 13.9. The number of carbonyl (C=O) groups excluding carboxylic acids is 1. The fraction of sp³-hybridized carbons (Fsp3) is 0.707. The molecule has 3 atom stereocenters. The van der Waals surface area contributed by atoms with E-state index in [0.717, 1.165) is 77.0 Å². The van der Waals surface area contributed by atoms with E-state index in [9.17, 15) is 19.4 Å². The van der Waals surface area contributed by atoms with Crippen LogP contribution in [0.2, 0.25) is 0 Å². The van der Waals surface area contributed by atoms with Crippen molar-refractivity contribution in [1.29, 1.82) is 0 Å². The standard InChI is InChI=1S/C58H103N2O6P/c1-6-8-10-12-14-16-18-20-22-24-25-26-27-28-29-30-31-32-33-34-35-36-38-40-42-44-46-48-50-52-58(62)59-56(55-66-67(63,64)65-54-53-60(3,4)5)57(61)51-49-47-45-43-41-39-37-23-21-19-17-15-13-11-9-7-2/h8,10,14,16,20-23,25-26,28-29,41,43,49,51,56-57,61H,6-7,9,11-13,15,17-19,24,27,30-40,42,44-48,50,52-55H2,1-5H3,(H-,59,62,63,64)/p+1/b10-8-,16-14-,22-20-,23-21+,26-25-,29-28-,43-41+,51-49+. The highest BCUT2D eigenvalue weighted by Gasteiger charge is 2.27. The number of unbranched alkanes of at least 4 members (excludes halogenated alkanes) is 21. The second-order valence-corrected chi connectivity index (χ2v) is 20.7. The fourth-order valence-electron chi connectivity index (χ4n) is 7.28. The largest absolute Gasteiger partial charge is 0.472 e. The number of nitrogens with one attached hydrogen (secondary N) is 1. The number of rotatable bonds is 48. The number of nitrogens with zero attached hydrogens (tertiary/aromatic N) is 1. The summed E-state index contributed by atoms with van der Waals surface area (Å²) in [6.45, 7) is 4.65. The van der Waals surface area contributed by atoms with Gasteiger partial charge in [0.05, 0.1) is 39.9 Å². The van der Waals surface area contributed by atoms with Crippen molar-refractivity contribution in [2.24, 2.45) is 0 Å². The quantitative estimate of drug-likeness (QED) is 0.0243. The van der Waals surface area contributed by atoms with Crippen LogP contribution in [0.5, 0.6) is 0 Å². The molecule has 386 valence electrons. The highest BCUT2D eigenvalue weighted by molar-refractivity contribution is 7.47. The molecule has 1 amide bonds. The first-order valence-corrected chi connectivity index (χ1v) is 28.6. The molecule has 0 bridgehead atoms. The number of aliphatic hydroxyl groups excluding tert-OH is 1. The van der Waals surface area contributed by atoms with Gasteiger partial charge >= 0.3 is 7.82 Å². The molecular weight excluding hydrogens is 852 g/mol. The molecule has 0 aliphatic carbocycles. The van der Waals surface area contributed by atoms with Gasteiger partial charge in [-0.05, 0) is 89.9 Å². The van der Waals surface area contributed by atoms with E-state index >= 15 is 0 Å². The summed E-state index contributed by atoms with van der Waals surface area (Å²) in [5.74, 6) is -0.196. The van der Waals surface area contributed by atoms with Crippen LogP contribution in [0.1, 0.15) is 213 Å². The molecule has 3 unspecified atom stereocenters. The second kappa shape index (κ2) is 48.4. The van der Waals surface area contributed by atoms with E-state index in [1.54, 1.807) is 6.08 Å².